The molecule has 0 N–H and O–H groups in total. The van der Waals surface area contributed by atoms with Gasteiger partial charge in [0, 0.05) is 37.9 Å². The zero-order valence-electron chi connectivity index (χ0n) is 19.6. The van der Waals surface area contributed by atoms with Gasteiger partial charge in [-0.15, -0.1) is 0 Å². The molecule has 0 saturated carbocycles. The van der Waals surface area contributed by atoms with E-state index in [4.69, 9.17) is 0 Å². The Balaban J connectivity index is 1.21. The number of thioether (sulfide) groups is 1. The third kappa shape index (κ3) is 5.39. The lowest BCUT2D eigenvalue weighted by Crippen LogP contribution is -2.49. The van der Waals surface area contributed by atoms with Crippen LogP contribution >= 0.6 is 11.8 Å². The highest BCUT2D eigenvalue weighted by Crippen LogP contribution is 2.33. The molecular formula is C27H22F2N4O3S. The quantitative estimate of drug-likeness (QED) is 0.460. The minimum atomic E-state index is -1.04. The fourth-order valence-electron chi connectivity index (χ4n) is 4.19. The largest absolute Gasteiger partial charge is 0.353 e. The maximum atomic E-state index is 13.5. The Morgan fingerprint density at radius 1 is 0.946 bits per heavy atom. The third-order valence-corrected chi connectivity index (χ3v) is 7.10. The topological polar surface area (TPSA) is 73.8 Å². The summed E-state index contributed by atoms with van der Waals surface area (Å²) >= 11 is 0.781. The summed E-state index contributed by atoms with van der Waals surface area (Å²) < 4.78 is 26.7. The van der Waals surface area contributed by atoms with Crippen molar-refractivity contribution in [2.75, 3.05) is 31.1 Å². The van der Waals surface area contributed by atoms with Crippen molar-refractivity contribution in [3.8, 4) is 0 Å². The van der Waals surface area contributed by atoms with Crippen LogP contribution in [0.15, 0.2) is 71.8 Å². The SMILES string of the molecule is O=C(c1ccc(/C=C2\SC(=O)N(Cc3ccc(F)c(F)c3)C2=O)cc1)N1CCN(c2ccccn2)CC1. The number of carbonyl (C=O) groups excluding carboxylic acids is 3. The lowest BCUT2D eigenvalue weighted by molar-refractivity contribution is -0.123. The van der Waals surface area contributed by atoms with Crippen LogP contribution in [0.5, 0.6) is 0 Å². The van der Waals surface area contributed by atoms with E-state index in [1.54, 1.807) is 41.4 Å². The molecule has 3 amide bonds. The number of rotatable bonds is 5. The average molecular weight is 521 g/mol. The summed E-state index contributed by atoms with van der Waals surface area (Å²) in [6.07, 6.45) is 3.33. The van der Waals surface area contributed by atoms with Crippen LogP contribution in [0.1, 0.15) is 21.5 Å². The molecule has 7 nitrogen and oxygen atoms in total. The molecule has 188 valence electrons. The molecule has 0 unspecified atom stereocenters. The van der Waals surface area contributed by atoms with Crippen molar-refractivity contribution in [2.24, 2.45) is 0 Å². The van der Waals surface area contributed by atoms with Gasteiger partial charge in [0.2, 0.25) is 0 Å². The van der Waals surface area contributed by atoms with Gasteiger partial charge < -0.3 is 9.80 Å². The molecule has 0 aliphatic carbocycles. The third-order valence-electron chi connectivity index (χ3n) is 6.19. The normalized spacial score (nSPS) is 17.1. The predicted molar refractivity (Wildman–Crippen MR) is 137 cm³/mol. The van der Waals surface area contributed by atoms with Crippen LogP contribution in [-0.2, 0) is 11.3 Å². The van der Waals surface area contributed by atoms with E-state index in [1.807, 2.05) is 18.2 Å². The number of hydrogen-bond acceptors (Lipinski definition) is 6. The van der Waals surface area contributed by atoms with Gasteiger partial charge in [0.25, 0.3) is 17.1 Å². The molecular weight excluding hydrogens is 498 g/mol. The second-order valence-corrected chi connectivity index (χ2v) is 9.60. The first-order chi connectivity index (χ1) is 17.9. The molecule has 2 aromatic carbocycles. The van der Waals surface area contributed by atoms with Gasteiger partial charge in [-0.3, -0.25) is 19.3 Å². The summed E-state index contributed by atoms with van der Waals surface area (Å²) in [6, 6.07) is 15.9. The van der Waals surface area contributed by atoms with Gasteiger partial charge in [-0.1, -0.05) is 24.3 Å². The minimum absolute atomic E-state index is 0.0703. The van der Waals surface area contributed by atoms with Crippen LogP contribution in [-0.4, -0.2) is 58.0 Å². The van der Waals surface area contributed by atoms with Crippen molar-refractivity contribution < 1.29 is 23.2 Å². The Labute approximate surface area is 216 Å². The first-order valence-electron chi connectivity index (χ1n) is 11.6. The van der Waals surface area contributed by atoms with Crippen molar-refractivity contribution >= 4 is 40.7 Å². The average Bonchev–Trinajstić information content (AvgIpc) is 3.18. The first-order valence-corrected chi connectivity index (χ1v) is 12.5. The highest BCUT2D eigenvalue weighted by Gasteiger charge is 2.35. The summed E-state index contributed by atoms with van der Waals surface area (Å²) in [4.78, 5) is 47.6. The summed E-state index contributed by atoms with van der Waals surface area (Å²) in [7, 11) is 0. The standard InChI is InChI=1S/C27H22F2N4O3S/c28-21-9-6-19(15-22(21)29)17-33-26(35)23(37-27(33)36)16-18-4-7-20(8-5-18)25(34)32-13-11-31(12-14-32)24-3-1-2-10-30-24/h1-10,15-16H,11-14,17H2/b23-16-. The zero-order chi connectivity index (χ0) is 25.9. The number of amides is 3. The van der Waals surface area contributed by atoms with E-state index in [9.17, 15) is 23.2 Å². The predicted octanol–water partition coefficient (Wildman–Crippen LogP) is 4.56. The fraction of sp³-hybridized carbons (Fsp3) is 0.185. The second kappa shape index (κ2) is 10.5. The van der Waals surface area contributed by atoms with E-state index < -0.39 is 22.8 Å². The number of hydrogen-bond donors (Lipinski definition) is 0. The number of pyridine rings is 1. The molecule has 2 saturated heterocycles. The van der Waals surface area contributed by atoms with Gasteiger partial charge in [0.15, 0.2) is 11.6 Å². The summed E-state index contributed by atoms with van der Waals surface area (Å²) in [5, 5.41) is -0.488. The Morgan fingerprint density at radius 3 is 2.38 bits per heavy atom. The summed E-state index contributed by atoms with van der Waals surface area (Å²) in [5.41, 5.74) is 1.51. The molecule has 0 spiro atoms. The summed E-state index contributed by atoms with van der Waals surface area (Å²) in [6.45, 7) is 2.41. The summed E-state index contributed by atoms with van der Waals surface area (Å²) in [5.74, 6) is -1.71. The Hall–Kier alpha value is -4.05. The Bertz CT molecular complexity index is 1370. The van der Waals surface area contributed by atoms with Gasteiger partial charge in [0.1, 0.15) is 5.82 Å². The smallest absolute Gasteiger partial charge is 0.293 e. The van der Waals surface area contributed by atoms with Crippen molar-refractivity contribution in [1.29, 1.82) is 0 Å². The van der Waals surface area contributed by atoms with Crippen LogP contribution in [0.4, 0.5) is 19.4 Å². The molecule has 0 radical (unpaired) electrons. The van der Waals surface area contributed by atoms with E-state index in [-0.39, 0.29) is 17.4 Å². The number of benzene rings is 2. The molecule has 3 aromatic rings. The van der Waals surface area contributed by atoms with Crippen LogP contribution < -0.4 is 4.90 Å². The molecule has 10 heteroatoms. The van der Waals surface area contributed by atoms with Gasteiger partial charge in [-0.25, -0.2) is 13.8 Å². The fourth-order valence-corrected chi connectivity index (χ4v) is 5.03. The van der Waals surface area contributed by atoms with Gasteiger partial charge >= 0.3 is 0 Å². The first kappa shape index (κ1) is 24.6. The highest BCUT2D eigenvalue weighted by atomic mass is 32.2. The van der Waals surface area contributed by atoms with E-state index in [1.165, 1.54) is 6.07 Å². The molecule has 1 aromatic heterocycles. The molecule has 5 rings (SSSR count). The van der Waals surface area contributed by atoms with Crippen molar-refractivity contribution in [3.05, 3.63) is 100 Å². The molecule has 2 aliphatic rings. The molecule has 3 heterocycles. The van der Waals surface area contributed by atoms with Crippen molar-refractivity contribution in [2.45, 2.75) is 6.54 Å². The number of imide groups is 1. The minimum Gasteiger partial charge on any atom is -0.353 e. The van der Waals surface area contributed by atoms with Crippen molar-refractivity contribution in [3.63, 3.8) is 0 Å². The lowest BCUT2D eigenvalue weighted by atomic mass is 10.1. The van der Waals surface area contributed by atoms with E-state index in [0.29, 0.717) is 42.9 Å². The highest BCUT2D eigenvalue weighted by molar-refractivity contribution is 8.18. The van der Waals surface area contributed by atoms with Crippen molar-refractivity contribution in [1.82, 2.24) is 14.8 Å². The number of anilines is 1. The maximum absolute atomic E-state index is 13.5. The van der Waals surface area contributed by atoms with Gasteiger partial charge in [-0.05, 0) is 65.4 Å². The van der Waals surface area contributed by atoms with Crippen LogP contribution in [0, 0.1) is 11.6 Å². The molecule has 37 heavy (non-hydrogen) atoms. The number of piperazine rings is 1. The van der Waals surface area contributed by atoms with E-state index >= 15 is 0 Å². The van der Waals surface area contributed by atoms with E-state index in [2.05, 4.69) is 9.88 Å². The number of nitrogens with zero attached hydrogens (tertiary/aromatic N) is 4. The van der Waals surface area contributed by atoms with Crippen LogP contribution in [0.3, 0.4) is 0 Å². The molecule has 2 aliphatic heterocycles. The molecule has 0 bridgehead atoms. The molecule has 2 fully saturated rings. The lowest BCUT2D eigenvalue weighted by Gasteiger charge is -2.35. The second-order valence-electron chi connectivity index (χ2n) is 8.61. The van der Waals surface area contributed by atoms with E-state index in [0.717, 1.165) is 34.6 Å². The Kier molecular flexibility index (Phi) is 7.00. The maximum Gasteiger partial charge on any atom is 0.293 e. The Morgan fingerprint density at radius 2 is 1.70 bits per heavy atom. The number of aromatic nitrogens is 1. The number of halogens is 2. The van der Waals surface area contributed by atoms with Gasteiger partial charge in [0.05, 0.1) is 11.4 Å². The van der Waals surface area contributed by atoms with Crippen LogP contribution in [0.25, 0.3) is 6.08 Å². The number of carbonyl (C=O) groups is 3. The van der Waals surface area contributed by atoms with Crippen LogP contribution in [0.2, 0.25) is 0 Å². The zero-order valence-corrected chi connectivity index (χ0v) is 20.5. The van der Waals surface area contributed by atoms with Gasteiger partial charge in [-0.2, -0.15) is 0 Å². The monoisotopic (exact) mass is 520 g/mol. The molecule has 0 atom stereocenters.